The second-order valence-corrected chi connectivity index (χ2v) is 9.97. The molecule has 2 aromatic carbocycles. The van der Waals surface area contributed by atoms with Gasteiger partial charge in [-0.05, 0) is 60.5 Å². The molecule has 1 aromatic heterocycles. The van der Waals surface area contributed by atoms with E-state index in [1.165, 1.54) is 12.1 Å². The highest BCUT2D eigenvalue weighted by Gasteiger charge is 2.26. The monoisotopic (exact) mass is 527 g/mol. The third-order valence-electron chi connectivity index (χ3n) is 6.33. The molecular weight excluding hydrogens is 501 g/mol. The molecule has 2 fully saturated rings. The van der Waals surface area contributed by atoms with E-state index in [0.717, 1.165) is 24.6 Å². The van der Waals surface area contributed by atoms with E-state index in [9.17, 15) is 23.9 Å². The fourth-order valence-corrected chi connectivity index (χ4v) is 5.15. The molecule has 0 radical (unpaired) electrons. The molecule has 0 saturated carbocycles. The number of nitrogens with one attached hydrogen (secondary N) is 4. The largest absolute Gasteiger partial charge is 0.489 e. The van der Waals surface area contributed by atoms with Gasteiger partial charge in [-0.15, -0.1) is 0 Å². The summed E-state index contributed by atoms with van der Waals surface area (Å²) >= 11 is 0.798. The smallest absolute Gasteiger partial charge is 0.323 e. The zero-order chi connectivity index (χ0) is 25.9. The summed E-state index contributed by atoms with van der Waals surface area (Å²) < 4.78 is 20.5. The fourth-order valence-electron chi connectivity index (χ4n) is 4.47. The third-order valence-corrected chi connectivity index (χ3v) is 7.14. The highest BCUT2D eigenvalue weighted by atomic mass is 32.2. The summed E-state index contributed by atoms with van der Waals surface area (Å²) in [4.78, 5) is 42.1. The van der Waals surface area contributed by atoms with E-state index >= 15 is 0 Å². The summed E-state index contributed by atoms with van der Waals surface area (Å²) in [5.41, 5.74) is 1.89. The van der Waals surface area contributed by atoms with Gasteiger partial charge in [0.15, 0.2) is 0 Å². The van der Waals surface area contributed by atoms with Crippen LogP contribution in [0.25, 0.3) is 17.1 Å². The predicted molar refractivity (Wildman–Crippen MR) is 139 cm³/mol. The van der Waals surface area contributed by atoms with E-state index in [1.54, 1.807) is 30.3 Å². The fraction of sp³-hybridized carbons (Fsp3) is 0.320. The normalized spacial score (nSPS) is 18.5. The van der Waals surface area contributed by atoms with Crippen molar-refractivity contribution in [1.29, 1.82) is 0 Å². The minimum atomic E-state index is -0.742. The number of para-hydroxylation sites is 1. The number of hydrogen-bond donors (Lipinski definition) is 5. The van der Waals surface area contributed by atoms with Crippen molar-refractivity contribution < 1.29 is 23.8 Å². The van der Waals surface area contributed by atoms with Crippen LogP contribution in [0.4, 0.5) is 14.9 Å². The number of ether oxygens (including phenoxy) is 1. The number of fused-ring (bicyclic) bond motifs is 1. The molecule has 0 bridgehead atoms. The number of aromatic nitrogens is 2. The zero-order valence-electron chi connectivity index (χ0n) is 19.8. The molecule has 5 rings (SSSR count). The minimum Gasteiger partial charge on any atom is -0.489 e. The van der Waals surface area contributed by atoms with Gasteiger partial charge >= 0.3 is 5.69 Å². The van der Waals surface area contributed by atoms with Crippen molar-refractivity contribution in [3.8, 4) is 5.75 Å². The Morgan fingerprint density at radius 1 is 1.19 bits per heavy atom. The number of aliphatic hydroxyl groups excluding tert-OH is 1. The molecule has 10 nitrogen and oxygen atoms in total. The standard InChI is InChI=1S/C25H26FN5O5S/c26-17-10-14(11-21-23(33)30-25(35)37-21)4-5-19(17)31-8-6-15(7-9-31)27-12-16(32)13-36-20-3-1-2-18-22(20)29-24(34)28-18/h1-5,10-11,15-16,27,32H,6-9,12-13H2,(H2,28,29,34)(H,30,33,35). The lowest BCUT2D eigenvalue weighted by Gasteiger charge is -2.34. The average molecular weight is 528 g/mol. The van der Waals surface area contributed by atoms with Gasteiger partial charge in [-0.2, -0.15) is 0 Å². The number of benzene rings is 2. The van der Waals surface area contributed by atoms with Crippen LogP contribution in [0.2, 0.25) is 0 Å². The van der Waals surface area contributed by atoms with E-state index in [4.69, 9.17) is 4.74 Å². The van der Waals surface area contributed by atoms with Crippen LogP contribution in [0.1, 0.15) is 18.4 Å². The summed E-state index contributed by atoms with van der Waals surface area (Å²) in [6, 6.07) is 10.2. The van der Waals surface area contributed by atoms with Crippen LogP contribution in [0.15, 0.2) is 46.1 Å². The molecule has 194 valence electrons. The van der Waals surface area contributed by atoms with Crippen molar-refractivity contribution in [1.82, 2.24) is 20.6 Å². The first kappa shape index (κ1) is 25.1. The van der Waals surface area contributed by atoms with Gasteiger partial charge in [-0.1, -0.05) is 12.1 Å². The van der Waals surface area contributed by atoms with Crippen LogP contribution in [-0.4, -0.2) is 64.6 Å². The number of hydrogen-bond acceptors (Lipinski definition) is 8. The quantitative estimate of drug-likeness (QED) is 0.281. The molecule has 5 N–H and O–H groups in total. The van der Waals surface area contributed by atoms with Gasteiger partial charge < -0.3 is 30.0 Å². The molecule has 2 aliphatic heterocycles. The van der Waals surface area contributed by atoms with Gasteiger partial charge in [-0.25, -0.2) is 9.18 Å². The first-order chi connectivity index (χ1) is 17.9. The maximum atomic E-state index is 14.8. The van der Waals surface area contributed by atoms with Crippen LogP contribution >= 0.6 is 11.8 Å². The van der Waals surface area contributed by atoms with Crippen LogP contribution in [0.5, 0.6) is 5.75 Å². The molecular formula is C25H26FN5O5S. The Hall–Kier alpha value is -3.61. The van der Waals surface area contributed by atoms with E-state index in [-0.39, 0.29) is 29.1 Å². The Labute approximate surface area is 215 Å². The first-order valence-corrected chi connectivity index (χ1v) is 12.7. The molecule has 0 aliphatic carbocycles. The number of halogens is 1. The maximum Gasteiger partial charge on any atom is 0.323 e. The first-order valence-electron chi connectivity index (χ1n) is 11.9. The maximum absolute atomic E-state index is 14.8. The van der Waals surface area contributed by atoms with Crippen molar-refractivity contribution >= 4 is 45.7 Å². The molecule has 37 heavy (non-hydrogen) atoms. The number of carbonyl (C=O) groups is 2. The van der Waals surface area contributed by atoms with E-state index in [1.807, 2.05) is 4.90 Å². The van der Waals surface area contributed by atoms with Crippen molar-refractivity contribution in [3.63, 3.8) is 0 Å². The predicted octanol–water partition coefficient (Wildman–Crippen LogP) is 2.32. The SMILES string of the molecule is O=C1NC(=O)C(=Cc2ccc(N3CCC(NCC(O)COc4cccc5[nH]c(=O)[nH]c45)CC3)c(F)c2)S1. The van der Waals surface area contributed by atoms with E-state index in [2.05, 4.69) is 20.6 Å². The number of rotatable bonds is 8. The topological polar surface area (TPSA) is 140 Å². The second kappa shape index (κ2) is 10.8. The highest BCUT2D eigenvalue weighted by molar-refractivity contribution is 8.18. The van der Waals surface area contributed by atoms with Gasteiger partial charge in [-0.3, -0.25) is 14.9 Å². The number of aromatic amines is 2. The van der Waals surface area contributed by atoms with Crippen molar-refractivity contribution in [3.05, 3.63) is 63.2 Å². The molecule has 12 heteroatoms. The summed E-state index contributed by atoms with van der Waals surface area (Å²) in [6.07, 6.45) is 2.32. The molecule has 1 unspecified atom stereocenters. The number of anilines is 1. The Morgan fingerprint density at radius 2 is 2.00 bits per heavy atom. The number of piperidine rings is 1. The Bertz CT molecular complexity index is 1410. The molecule has 2 aliphatic rings. The van der Waals surface area contributed by atoms with Crippen LogP contribution in [0.3, 0.4) is 0 Å². The number of nitrogens with zero attached hydrogens (tertiary/aromatic N) is 1. The summed E-state index contributed by atoms with van der Waals surface area (Å²) in [5, 5.41) is 15.5. The summed E-state index contributed by atoms with van der Waals surface area (Å²) in [7, 11) is 0. The van der Waals surface area contributed by atoms with Crippen LogP contribution < -0.4 is 26.0 Å². The zero-order valence-corrected chi connectivity index (χ0v) is 20.6. The lowest BCUT2D eigenvalue weighted by Crippen LogP contribution is -2.45. The molecule has 0 spiro atoms. The number of imidazole rings is 1. The Balaban J connectivity index is 1.09. The van der Waals surface area contributed by atoms with Crippen molar-refractivity contribution in [2.24, 2.45) is 0 Å². The summed E-state index contributed by atoms with van der Waals surface area (Å²) in [5.74, 6) is -0.367. The summed E-state index contributed by atoms with van der Waals surface area (Å²) in [6.45, 7) is 1.71. The number of thioether (sulfide) groups is 1. The van der Waals surface area contributed by atoms with Gasteiger partial charge in [0.25, 0.3) is 11.1 Å². The number of amides is 2. The van der Waals surface area contributed by atoms with Crippen molar-refractivity contribution in [2.45, 2.75) is 25.0 Å². The third kappa shape index (κ3) is 5.87. The Morgan fingerprint density at radius 3 is 2.73 bits per heavy atom. The minimum absolute atomic E-state index is 0.0697. The van der Waals surface area contributed by atoms with E-state index < -0.39 is 17.3 Å². The Kier molecular flexibility index (Phi) is 7.31. The lowest BCUT2D eigenvalue weighted by molar-refractivity contribution is -0.115. The number of carbonyl (C=O) groups excluding carboxylic acids is 2. The number of H-pyrrole nitrogens is 2. The molecule has 2 saturated heterocycles. The van der Waals surface area contributed by atoms with E-state index in [0.29, 0.717) is 47.7 Å². The van der Waals surface area contributed by atoms with Crippen LogP contribution in [-0.2, 0) is 4.79 Å². The van der Waals surface area contributed by atoms with Gasteiger partial charge in [0, 0.05) is 25.7 Å². The molecule has 3 heterocycles. The number of imide groups is 1. The number of aliphatic hydroxyl groups is 1. The highest BCUT2D eigenvalue weighted by Crippen LogP contribution is 2.29. The van der Waals surface area contributed by atoms with Gasteiger partial charge in [0.1, 0.15) is 29.8 Å². The van der Waals surface area contributed by atoms with Gasteiger partial charge in [0.2, 0.25) is 0 Å². The molecule has 3 aromatic rings. The average Bonchev–Trinajstić information content (AvgIpc) is 3.41. The second-order valence-electron chi connectivity index (χ2n) is 8.96. The molecule has 2 amide bonds. The van der Waals surface area contributed by atoms with Crippen molar-refractivity contribution in [2.75, 3.05) is 31.1 Å². The molecule has 1 atom stereocenters. The van der Waals surface area contributed by atoms with Crippen LogP contribution in [0, 0.1) is 5.82 Å². The lowest BCUT2D eigenvalue weighted by atomic mass is 10.0. The van der Waals surface area contributed by atoms with Gasteiger partial charge in [0.05, 0.1) is 16.1 Å².